The Morgan fingerprint density at radius 2 is 2.55 bits per heavy atom. The molecule has 11 heavy (non-hydrogen) atoms. The summed E-state index contributed by atoms with van der Waals surface area (Å²) in [6.45, 7) is 6.42. The van der Waals surface area contributed by atoms with Gasteiger partial charge in [0.25, 0.3) is 0 Å². The van der Waals surface area contributed by atoms with Crippen LogP contribution in [0.5, 0.6) is 0 Å². The van der Waals surface area contributed by atoms with Crippen molar-refractivity contribution in [2.75, 3.05) is 18.1 Å². The highest BCUT2D eigenvalue weighted by Gasteiger charge is 2.20. The molecule has 0 unspecified atom stereocenters. The highest BCUT2D eigenvalue weighted by molar-refractivity contribution is 7.99. The molecule has 0 spiro atoms. The highest BCUT2D eigenvalue weighted by Crippen LogP contribution is 2.15. The van der Waals surface area contributed by atoms with Crippen LogP contribution in [0.25, 0.3) is 0 Å². The Morgan fingerprint density at radius 3 is 3.09 bits per heavy atom. The van der Waals surface area contributed by atoms with Crippen molar-refractivity contribution in [2.24, 2.45) is 0 Å². The monoisotopic (exact) mass is 171 g/mol. The zero-order valence-corrected chi connectivity index (χ0v) is 7.56. The van der Waals surface area contributed by atoms with Gasteiger partial charge in [-0.15, -0.1) is 0 Å². The number of amides is 1. The summed E-state index contributed by atoms with van der Waals surface area (Å²) in [7, 11) is 0. The minimum Gasteiger partial charge on any atom is -0.335 e. The predicted molar refractivity (Wildman–Crippen MR) is 48.7 cm³/mol. The summed E-state index contributed by atoms with van der Waals surface area (Å²) in [5.41, 5.74) is 0. The average molecular weight is 171 g/mol. The van der Waals surface area contributed by atoms with Crippen LogP contribution in [0, 0.1) is 0 Å². The topological polar surface area (TPSA) is 20.3 Å². The van der Waals surface area contributed by atoms with Crippen LogP contribution < -0.4 is 0 Å². The summed E-state index contributed by atoms with van der Waals surface area (Å²) in [5, 5.41) is 0. The highest BCUT2D eigenvalue weighted by atomic mass is 32.2. The summed E-state index contributed by atoms with van der Waals surface area (Å²) in [5.74, 6) is 2.18. The van der Waals surface area contributed by atoms with Gasteiger partial charge in [0, 0.05) is 24.1 Å². The van der Waals surface area contributed by atoms with Gasteiger partial charge in [0.1, 0.15) is 0 Å². The van der Waals surface area contributed by atoms with Gasteiger partial charge in [0.05, 0.1) is 0 Å². The van der Waals surface area contributed by atoms with Crippen LogP contribution in [0.4, 0.5) is 0 Å². The van der Waals surface area contributed by atoms with Gasteiger partial charge in [-0.3, -0.25) is 4.79 Å². The fraction of sp³-hybridized carbons (Fsp3) is 0.625. The minimum absolute atomic E-state index is 0.0674. The first-order chi connectivity index (χ1) is 5.25. The van der Waals surface area contributed by atoms with Gasteiger partial charge in [-0.2, -0.15) is 11.8 Å². The van der Waals surface area contributed by atoms with Gasteiger partial charge in [-0.25, -0.2) is 0 Å². The van der Waals surface area contributed by atoms with Crippen molar-refractivity contribution in [3.8, 4) is 0 Å². The van der Waals surface area contributed by atoms with E-state index >= 15 is 0 Å². The van der Waals surface area contributed by atoms with Gasteiger partial charge in [0.15, 0.2) is 0 Å². The van der Waals surface area contributed by atoms with Crippen LogP contribution in [0.2, 0.25) is 0 Å². The molecule has 0 aromatic rings. The Labute approximate surface area is 71.6 Å². The lowest BCUT2D eigenvalue weighted by Crippen LogP contribution is -2.43. The maximum atomic E-state index is 11.2. The largest absolute Gasteiger partial charge is 0.335 e. The molecule has 0 aliphatic carbocycles. The zero-order valence-electron chi connectivity index (χ0n) is 6.75. The number of carbonyl (C=O) groups is 1. The van der Waals surface area contributed by atoms with E-state index < -0.39 is 0 Å². The van der Waals surface area contributed by atoms with Gasteiger partial charge < -0.3 is 4.90 Å². The number of thioether (sulfide) groups is 1. The predicted octanol–water partition coefficient (Wildman–Crippen LogP) is 1.14. The van der Waals surface area contributed by atoms with Gasteiger partial charge in [-0.05, 0) is 13.0 Å². The van der Waals surface area contributed by atoms with E-state index in [1.54, 1.807) is 0 Å². The maximum Gasteiger partial charge on any atom is 0.246 e. The molecule has 1 aliphatic rings. The van der Waals surface area contributed by atoms with E-state index in [4.69, 9.17) is 0 Å². The summed E-state index contributed by atoms with van der Waals surface area (Å²) < 4.78 is 0. The lowest BCUT2D eigenvalue weighted by atomic mass is 10.3. The SMILES string of the molecule is C=CC(=O)N1CCSC[C@H]1C. The number of carbonyl (C=O) groups excluding carboxylic acids is 1. The Morgan fingerprint density at radius 1 is 1.82 bits per heavy atom. The second kappa shape index (κ2) is 3.81. The molecular formula is C8H13NOS. The standard InChI is InChI=1S/C8H13NOS/c1-3-8(10)9-4-5-11-6-7(9)2/h3,7H,1,4-6H2,2H3/t7-/m1/s1. The van der Waals surface area contributed by atoms with Crippen molar-refractivity contribution in [3.63, 3.8) is 0 Å². The molecule has 3 heteroatoms. The summed E-state index contributed by atoms with van der Waals surface area (Å²) >= 11 is 1.91. The molecule has 1 atom stereocenters. The van der Waals surface area contributed by atoms with Gasteiger partial charge >= 0.3 is 0 Å². The first kappa shape index (κ1) is 8.65. The zero-order chi connectivity index (χ0) is 8.27. The second-order valence-corrected chi connectivity index (χ2v) is 3.81. The second-order valence-electron chi connectivity index (χ2n) is 2.66. The molecule has 0 N–H and O–H groups in total. The average Bonchev–Trinajstić information content (AvgIpc) is 2.04. The van der Waals surface area contributed by atoms with E-state index in [-0.39, 0.29) is 5.91 Å². The van der Waals surface area contributed by atoms with Crippen LogP contribution in [-0.2, 0) is 4.79 Å². The summed E-state index contributed by atoms with van der Waals surface area (Å²) in [6, 6.07) is 0.374. The van der Waals surface area contributed by atoms with Crippen LogP contribution in [0.3, 0.4) is 0 Å². The number of rotatable bonds is 1. The maximum absolute atomic E-state index is 11.2. The van der Waals surface area contributed by atoms with E-state index in [1.807, 2.05) is 16.7 Å². The molecule has 0 bridgehead atoms. The third-order valence-corrected chi connectivity index (χ3v) is 3.01. The molecule has 0 aromatic heterocycles. The van der Waals surface area contributed by atoms with Crippen LogP contribution in [0.15, 0.2) is 12.7 Å². The van der Waals surface area contributed by atoms with E-state index in [0.717, 1.165) is 18.1 Å². The summed E-state index contributed by atoms with van der Waals surface area (Å²) in [4.78, 5) is 13.1. The van der Waals surface area contributed by atoms with Crippen molar-refractivity contribution < 1.29 is 4.79 Å². The lowest BCUT2D eigenvalue weighted by Gasteiger charge is -2.32. The van der Waals surface area contributed by atoms with Crippen LogP contribution in [-0.4, -0.2) is 34.9 Å². The van der Waals surface area contributed by atoms with Crippen molar-refractivity contribution in [2.45, 2.75) is 13.0 Å². The molecule has 1 saturated heterocycles. The Bertz CT molecular complexity index is 169. The van der Waals surface area contributed by atoms with Crippen LogP contribution >= 0.6 is 11.8 Å². The molecule has 0 radical (unpaired) electrons. The molecule has 2 nitrogen and oxygen atoms in total. The molecular weight excluding hydrogens is 158 g/mol. The normalized spacial score (nSPS) is 24.8. The van der Waals surface area contributed by atoms with Crippen molar-refractivity contribution in [1.82, 2.24) is 4.90 Å². The molecule has 1 fully saturated rings. The first-order valence-electron chi connectivity index (χ1n) is 3.76. The van der Waals surface area contributed by atoms with Crippen molar-refractivity contribution in [1.29, 1.82) is 0 Å². The van der Waals surface area contributed by atoms with E-state index in [0.29, 0.717) is 6.04 Å². The van der Waals surface area contributed by atoms with Crippen LogP contribution in [0.1, 0.15) is 6.92 Å². The summed E-state index contributed by atoms with van der Waals surface area (Å²) in [6.07, 6.45) is 1.40. The molecule has 1 heterocycles. The molecule has 0 saturated carbocycles. The molecule has 1 aliphatic heterocycles. The Kier molecular flexibility index (Phi) is 3.00. The lowest BCUT2D eigenvalue weighted by molar-refractivity contribution is -0.127. The molecule has 1 amide bonds. The molecule has 62 valence electrons. The van der Waals surface area contributed by atoms with E-state index in [1.165, 1.54) is 6.08 Å². The number of hydrogen-bond acceptors (Lipinski definition) is 2. The van der Waals surface area contributed by atoms with Gasteiger partial charge in [0.2, 0.25) is 5.91 Å². The van der Waals surface area contributed by atoms with E-state index in [9.17, 15) is 4.79 Å². The Hall–Kier alpha value is -0.440. The fourth-order valence-corrected chi connectivity index (χ4v) is 2.19. The van der Waals surface area contributed by atoms with E-state index in [2.05, 4.69) is 13.5 Å². The van der Waals surface area contributed by atoms with Crippen molar-refractivity contribution >= 4 is 17.7 Å². The number of hydrogen-bond donors (Lipinski definition) is 0. The Balaban J connectivity index is 2.53. The van der Waals surface area contributed by atoms with Gasteiger partial charge in [-0.1, -0.05) is 6.58 Å². The quantitative estimate of drug-likeness (QED) is 0.551. The van der Waals surface area contributed by atoms with Crippen molar-refractivity contribution in [3.05, 3.63) is 12.7 Å². The molecule has 1 rings (SSSR count). The third kappa shape index (κ3) is 1.99. The number of nitrogens with zero attached hydrogens (tertiary/aromatic N) is 1. The minimum atomic E-state index is 0.0674. The fourth-order valence-electron chi connectivity index (χ4n) is 1.17. The third-order valence-electron chi connectivity index (χ3n) is 1.83. The smallest absolute Gasteiger partial charge is 0.246 e. The molecule has 0 aromatic carbocycles. The first-order valence-corrected chi connectivity index (χ1v) is 4.92.